The Morgan fingerprint density at radius 3 is 3.00 bits per heavy atom. The number of esters is 1. The second-order valence-electron chi connectivity index (χ2n) is 5.91. The smallest absolute Gasteiger partial charge is 0.355 e. The van der Waals surface area contributed by atoms with E-state index in [0.717, 1.165) is 25.9 Å². The number of carbonyl (C=O) groups excluding carboxylic acids is 1. The van der Waals surface area contributed by atoms with Gasteiger partial charge in [0.2, 0.25) is 0 Å². The third-order valence-corrected chi connectivity index (χ3v) is 4.20. The van der Waals surface area contributed by atoms with Crippen LogP contribution in [-0.2, 0) is 11.3 Å². The molecular formula is C16H27N3O2. The lowest BCUT2D eigenvalue weighted by molar-refractivity contribution is 0.0438. The maximum absolute atomic E-state index is 12.2. The number of hydrogen-bond donors (Lipinski definition) is 1. The SMILES string of the molecule is CCCn1cc(N)cc1C(=O)OCCC1CCCCN1C. The van der Waals surface area contributed by atoms with Gasteiger partial charge in [0.1, 0.15) is 5.69 Å². The summed E-state index contributed by atoms with van der Waals surface area (Å²) in [5.74, 6) is -0.265. The molecule has 0 bridgehead atoms. The predicted octanol–water partition coefficient (Wildman–Crippen LogP) is 2.51. The Bertz CT molecular complexity index is 470. The summed E-state index contributed by atoms with van der Waals surface area (Å²) in [6.45, 7) is 4.48. The van der Waals surface area contributed by atoms with Crippen LogP contribution in [-0.4, -0.2) is 41.7 Å². The zero-order chi connectivity index (χ0) is 15.2. The van der Waals surface area contributed by atoms with Gasteiger partial charge in [-0.3, -0.25) is 0 Å². The Hall–Kier alpha value is -1.49. The Morgan fingerprint density at radius 2 is 2.29 bits per heavy atom. The Balaban J connectivity index is 1.84. The van der Waals surface area contributed by atoms with Crippen LogP contribution in [0.25, 0.3) is 0 Å². The van der Waals surface area contributed by atoms with Gasteiger partial charge in [-0.2, -0.15) is 0 Å². The van der Waals surface area contributed by atoms with Crippen LogP contribution in [0, 0.1) is 0 Å². The highest BCUT2D eigenvalue weighted by Gasteiger charge is 2.20. The molecule has 0 saturated carbocycles. The number of rotatable bonds is 6. The van der Waals surface area contributed by atoms with Crippen LogP contribution in [0.5, 0.6) is 0 Å². The van der Waals surface area contributed by atoms with E-state index in [1.165, 1.54) is 19.3 Å². The number of nitrogens with two attached hydrogens (primary N) is 1. The van der Waals surface area contributed by atoms with E-state index in [9.17, 15) is 4.79 Å². The first kappa shape index (κ1) is 15.9. The molecule has 1 aromatic rings. The van der Waals surface area contributed by atoms with Crippen molar-refractivity contribution in [3.63, 3.8) is 0 Å². The molecular weight excluding hydrogens is 266 g/mol. The van der Waals surface area contributed by atoms with Crippen molar-refractivity contribution >= 4 is 11.7 Å². The lowest BCUT2D eigenvalue weighted by atomic mass is 10.0. The van der Waals surface area contributed by atoms with Crippen molar-refractivity contribution in [2.45, 2.75) is 51.6 Å². The van der Waals surface area contributed by atoms with E-state index in [2.05, 4.69) is 18.9 Å². The van der Waals surface area contributed by atoms with Crippen LogP contribution in [0.1, 0.15) is 49.5 Å². The molecule has 0 aliphatic carbocycles. The normalized spacial score (nSPS) is 19.6. The summed E-state index contributed by atoms with van der Waals surface area (Å²) in [6.07, 6.45) is 7.42. The molecule has 1 unspecified atom stereocenters. The molecule has 1 aromatic heterocycles. The molecule has 5 heteroatoms. The number of aromatic nitrogens is 1. The fourth-order valence-electron chi connectivity index (χ4n) is 3.00. The van der Waals surface area contributed by atoms with Gasteiger partial charge in [-0.15, -0.1) is 0 Å². The summed E-state index contributed by atoms with van der Waals surface area (Å²) in [7, 11) is 2.15. The van der Waals surface area contributed by atoms with Crippen molar-refractivity contribution < 1.29 is 9.53 Å². The Morgan fingerprint density at radius 1 is 1.48 bits per heavy atom. The molecule has 0 radical (unpaired) electrons. The van der Waals surface area contributed by atoms with E-state index < -0.39 is 0 Å². The van der Waals surface area contributed by atoms with Crippen LogP contribution in [0.2, 0.25) is 0 Å². The third-order valence-electron chi connectivity index (χ3n) is 4.20. The van der Waals surface area contributed by atoms with Crippen LogP contribution in [0.3, 0.4) is 0 Å². The zero-order valence-electron chi connectivity index (χ0n) is 13.2. The van der Waals surface area contributed by atoms with Gasteiger partial charge in [-0.1, -0.05) is 13.3 Å². The molecule has 1 atom stereocenters. The zero-order valence-corrected chi connectivity index (χ0v) is 13.2. The van der Waals surface area contributed by atoms with Crippen molar-refractivity contribution in [1.29, 1.82) is 0 Å². The summed E-state index contributed by atoms with van der Waals surface area (Å²) < 4.78 is 7.32. The number of carbonyl (C=O) groups is 1. The summed E-state index contributed by atoms with van der Waals surface area (Å²) >= 11 is 0. The molecule has 2 N–H and O–H groups in total. The molecule has 1 fully saturated rings. The molecule has 118 valence electrons. The quantitative estimate of drug-likeness (QED) is 0.819. The van der Waals surface area contributed by atoms with Crippen molar-refractivity contribution in [2.24, 2.45) is 0 Å². The minimum Gasteiger partial charge on any atom is -0.461 e. The van der Waals surface area contributed by atoms with E-state index in [0.29, 0.717) is 24.0 Å². The van der Waals surface area contributed by atoms with E-state index in [1.54, 1.807) is 12.3 Å². The predicted molar refractivity (Wildman–Crippen MR) is 84.3 cm³/mol. The van der Waals surface area contributed by atoms with Gasteiger partial charge in [0, 0.05) is 18.8 Å². The molecule has 2 rings (SSSR count). The summed E-state index contributed by atoms with van der Waals surface area (Å²) in [4.78, 5) is 14.5. The van der Waals surface area contributed by atoms with E-state index in [4.69, 9.17) is 10.5 Å². The first-order valence-corrected chi connectivity index (χ1v) is 7.94. The molecule has 1 aliphatic heterocycles. The summed E-state index contributed by atoms with van der Waals surface area (Å²) in [5.41, 5.74) is 6.95. The molecule has 1 saturated heterocycles. The molecule has 0 spiro atoms. The van der Waals surface area contributed by atoms with Gasteiger partial charge in [0.25, 0.3) is 0 Å². The van der Waals surface area contributed by atoms with Crippen LogP contribution < -0.4 is 5.73 Å². The number of aryl methyl sites for hydroxylation is 1. The highest BCUT2D eigenvalue weighted by molar-refractivity contribution is 5.89. The fourth-order valence-corrected chi connectivity index (χ4v) is 3.00. The standard InChI is InChI=1S/C16H27N3O2/c1-3-8-19-12-13(17)11-15(19)16(20)21-10-7-14-6-4-5-9-18(14)2/h11-12,14H,3-10,17H2,1-2H3. The van der Waals surface area contributed by atoms with Gasteiger partial charge in [0.15, 0.2) is 0 Å². The molecule has 5 nitrogen and oxygen atoms in total. The van der Waals surface area contributed by atoms with Gasteiger partial charge >= 0.3 is 5.97 Å². The topological polar surface area (TPSA) is 60.5 Å². The molecule has 0 amide bonds. The second-order valence-corrected chi connectivity index (χ2v) is 5.91. The number of ether oxygens (including phenoxy) is 1. The van der Waals surface area contributed by atoms with Crippen LogP contribution >= 0.6 is 0 Å². The van der Waals surface area contributed by atoms with Gasteiger partial charge in [-0.25, -0.2) is 4.79 Å². The first-order valence-electron chi connectivity index (χ1n) is 7.94. The van der Waals surface area contributed by atoms with Gasteiger partial charge < -0.3 is 19.9 Å². The molecule has 2 heterocycles. The second kappa shape index (κ2) is 7.50. The number of piperidine rings is 1. The minimum absolute atomic E-state index is 0.265. The number of nitrogen functional groups attached to an aromatic ring is 1. The van der Waals surface area contributed by atoms with E-state index in [-0.39, 0.29) is 5.97 Å². The van der Waals surface area contributed by atoms with Gasteiger partial charge in [-0.05, 0) is 45.3 Å². The maximum Gasteiger partial charge on any atom is 0.355 e. The summed E-state index contributed by atoms with van der Waals surface area (Å²) in [6, 6.07) is 2.24. The van der Waals surface area contributed by atoms with Crippen molar-refractivity contribution in [1.82, 2.24) is 9.47 Å². The number of hydrogen-bond acceptors (Lipinski definition) is 4. The van der Waals surface area contributed by atoms with Crippen molar-refractivity contribution in [2.75, 3.05) is 25.9 Å². The van der Waals surface area contributed by atoms with Gasteiger partial charge in [0.05, 0.1) is 12.3 Å². The van der Waals surface area contributed by atoms with Crippen molar-refractivity contribution in [3.05, 3.63) is 18.0 Å². The monoisotopic (exact) mass is 293 g/mol. The molecule has 21 heavy (non-hydrogen) atoms. The fraction of sp³-hybridized carbons (Fsp3) is 0.688. The molecule has 0 aromatic carbocycles. The molecule has 1 aliphatic rings. The minimum atomic E-state index is -0.265. The van der Waals surface area contributed by atoms with Crippen LogP contribution in [0.4, 0.5) is 5.69 Å². The largest absolute Gasteiger partial charge is 0.461 e. The lowest BCUT2D eigenvalue weighted by Crippen LogP contribution is -2.37. The Labute approximate surface area is 127 Å². The average molecular weight is 293 g/mol. The number of anilines is 1. The maximum atomic E-state index is 12.2. The van der Waals surface area contributed by atoms with E-state index in [1.807, 2.05) is 4.57 Å². The highest BCUT2D eigenvalue weighted by atomic mass is 16.5. The third kappa shape index (κ3) is 4.24. The van der Waals surface area contributed by atoms with Crippen molar-refractivity contribution in [3.8, 4) is 0 Å². The first-order chi connectivity index (χ1) is 10.1. The van der Waals surface area contributed by atoms with Crippen LogP contribution in [0.15, 0.2) is 12.3 Å². The number of likely N-dealkylation sites (tertiary alicyclic amines) is 1. The average Bonchev–Trinajstić information content (AvgIpc) is 2.82. The lowest BCUT2D eigenvalue weighted by Gasteiger charge is -2.32. The van der Waals surface area contributed by atoms with E-state index >= 15 is 0 Å². The number of nitrogens with zero attached hydrogens (tertiary/aromatic N) is 2. The Kier molecular flexibility index (Phi) is 5.67. The summed E-state index contributed by atoms with van der Waals surface area (Å²) in [5, 5.41) is 0. The highest BCUT2D eigenvalue weighted by Crippen LogP contribution is 2.18.